The van der Waals surface area contributed by atoms with Gasteiger partial charge in [0.2, 0.25) is 5.91 Å². The molecule has 112 valence electrons. The molecule has 0 aliphatic heterocycles. The molecule has 1 rings (SSSR count). The van der Waals surface area contributed by atoms with E-state index in [-0.39, 0.29) is 5.91 Å². The topological polar surface area (TPSA) is 52.6 Å². The molecule has 1 aromatic rings. The molecule has 0 saturated heterocycles. The number of rotatable bonds is 9. The maximum Gasteiger partial charge on any atom is 0.243 e. The van der Waals surface area contributed by atoms with E-state index in [0.717, 1.165) is 25.7 Å². The van der Waals surface area contributed by atoms with Gasteiger partial charge in [-0.3, -0.25) is 10.0 Å². The largest absolute Gasteiger partial charge is 0.378 e. The highest BCUT2D eigenvalue weighted by Crippen LogP contribution is 2.15. The normalized spacial score (nSPS) is 10.3. The summed E-state index contributed by atoms with van der Waals surface area (Å²) in [5.41, 5.74) is 4.28. The fourth-order valence-corrected chi connectivity index (χ4v) is 2.16. The molecule has 0 aliphatic rings. The lowest BCUT2D eigenvalue weighted by Crippen LogP contribution is -2.17. The summed E-state index contributed by atoms with van der Waals surface area (Å²) in [6.45, 7) is 0. The number of nitrogens with zero attached hydrogens (tertiary/aromatic N) is 1. The van der Waals surface area contributed by atoms with Crippen LogP contribution >= 0.6 is 0 Å². The Morgan fingerprint density at radius 3 is 2.25 bits per heavy atom. The number of amides is 1. The molecule has 20 heavy (non-hydrogen) atoms. The van der Waals surface area contributed by atoms with Crippen LogP contribution in [-0.4, -0.2) is 25.2 Å². The number of nitrogens with one attached hydrogen (secondary N) is 1. The van der Waals surface area contributed by atoms with Crippen molar-refractivity contribution in [3.63, 3.8) is 0 Å². The summed E-state index contributed by atoms with van der Waals surface area (Å²) < 4.78 is 0. The van der Waals surface area contributed by atoms with E-state index in [2.05, 4.69) is 29.2 Å². The number of aryl methyl sites for hydroxylation is 1. The van der Waals surface area contributed by atoms with Crippen LogP contribution < -0.4 is 10.4 Å². The predicted molar refractivity (Wildman–Crippen MR) is 82.1 cm³/mol. The Bertz CT molecular complexity index is 388. The molecule has 0 fully saturated rings. The Morgan fingerprint density at radius 2 is 1.65 bits per heavy atom. The van der Waals surface area contributed by atoms with Gasteiger partial charge in [-0.2, -0.15) is 0 Å². The summed E-state index contributed by atoms with van der Waals surface area (Å²) in [5, 5.41) is 8.35. The monoisotopic (exact) mass is 278 g/mol. The van der Waals surface area contributed by atoms with Gasteiger partial charge in [0.25, 0.3) is 0 Å². The van der Waals surface area contributed by atoms with Crippen LogP contribution in [0.2, 0.25) is 0 Å². The fourth-order valence-electron chi connectivity index (χ4n) is 2.16. The summed E-state index contributed by atoms with van der Waals surface area (Å²) in [5.74, 6) is -0.286. The van der Waals surface area contributed by atoms with Crippen LogP contribution in [0.1, 0.15) is 44.1 Å². The van der Waals surface area contributed by atoms with E-state index < -0.39 is 0 Å². The standard InChI is InChI=1S/C16H26N2O2/c1-18(2)15-12-10-14(11-13-15)8-6-4-3-5-7-9-16(19)17-20/h10-13,20H,3-9H2,1-2H3,(H,17,19). The van der Waals surface area contributed by atoms with Crippen LogP contribution in [0.5, 0.6) is 0 Å². The van der Waals surface area contributed by atoms with Crippen molar-refractivity contribution in [3.8, 4) is 0 Å². The molecular formula is C16H26N2O2. The molecule has 1 aromatic carbocycles. The lowest BCUT2D eigenvalue weighted by atomic mass is 10.0. The Labute approximate surface area is 121 Å². The van der Waals surface area contributed by atoms with Crippen LogP contribution in [0.4, 0.5) is 5.69 Å². The smallest absolute Gasteiger partial charge is 0.243 e. The summed E-state index contributed by atoms with van der Waals surface area (Å²) >= 11 is 0. The highest BCUT2D eigenvalue weighted by molar-refractivity contribution is 5.74. The van der Waals surface area contributed by atoms with Crippen molar-refractivity contribution >= 4 is 11.6 Å². The first kappa shape index (κ1) is 16.5. The second-order valence-electron chi connectivity index (χ2n) is 5.36. The van der Waals surface area contributed by atoms with Crippen LogP contribution in [0.15, 0.2) is 24.3 Å². The minimum Gasteiger partial charge on any atom is -0.378 e. The van der Waals surface area contributed by atoms with E-state index in [1.54, 1.807) is 5.48 Å². The molecule has 0 unspecified atom stereocenters. The number of benzene rings is 1. The number of unbranched alkanes of at least 4 members (excludes halogenated alkanes) is 4. The Balaban J connectivity index is 2.08. The molecule has 0 aliphatic carbocycles. The van der Waals surface area contributed by atoms with E-state index in [4.69, 9.17) is 5.21 Å². The minimum absolute atomic E-state index is 0.286. The molecule has 4 nitrogen and oxygen atoms in total. The third-order valence-electron chi connectivity index (χ3n) is 3.45. The first-order valence-corrected chi connectivity index (χ1v) is 7.32. The second-order valence-corrected chi connectivity index (χ2v) is 5.36. The molecule has 0 atom stereocenters. The summed E-state index contributed by atoms with van der Waals surface area (Å²) in [6, 6.07) is 8.70. The molecule has 0 spiro atoms. The molecule has 0 radical (unpaired) electrons. The number of hydrogen-bond acceptors (Lipinski definition) is 3. The molecule has 0 heterocycles. The van der Waals surface area contributed by atoms with Crippen LogP contribution in [0.25, 0.3) is 0 Å². The number of carbonyl (C=O) groups is 1. The van der Waals surface area contributed by atoms with E-state index >= 15 is 0 Å². The first-order valence-electron chi connectivity index (χ1n) is 7.32. The zero-order valence-electron chi connectivity index (χ0n) is 12.6. The van der Waals surface area contributed by atoms with Gasteiger partial charge >= 0.3 is 0 Å². The van der Waals surface area contributed by atoms with Crippen molar-refractivity contribution in [1.29, 1.82) is 0 Å². The van der Waals surface area contributed by atoms with Crippen molar-refractivity contribution in [1.82, 2.24) is 5.48 Å². The third kappa shape index (κ3) is 6.57. The average molecular weight is 278 g/mol. The molecule has 0 aromatic heterocycles. The van der Waals surface area contributed by atoms with Crippen molar-refractivity contribution in [2.45, 2.75) is 44.9 Å². The Kier molecular flexibility index (Phi) is 7.73. The van der Waals surface area contributed by atoms with E-state index in [0.29, 0.717) is 6.42 Å². The van der Waals surface area contributed by atoms with Crippen molar-refractivity contribution in [2.24, 2.45) is 0 Å². The molecule has 0 bridgehead atoms. The van der Waals surface area contributed by atoms with E-state index in [9.17, 15) is 4.79 Å². The van der Waals surface area contributed by atoms with Gasteiger partial charge < -0.3 is 4.90 Å². The van der Waals surface area contributed by atoms with E-state index in [1.807, 2.05) is 14.1 Å². The number of carbonyl (C=O) groups excluding carboxylic acids is 1. The zero-order valence-corrected chi connectivity index (χ0v) is 12.6. The van der Waals surface area contributed by atoms with Crippen LogP contribution in [0.3, 0.4) is 0 Å². The Morgan fingerprint density at radius 1 is 1.05 bits per heavy atom. The summed E-state index contributed by atoms with van der Waals surface area (Å²) in [7, 11) is 4.10. The lowest BCUT2D eigenvalue weighted by molar-refractivity contribution is -0.129. The third-order valence-corrected chi connectivity index (χ3v) is 3.45. The average Bonchev–Trinajstić information content (AvgIpc) is 2.46. The maximum atomic E-state index is 10.8. The van der Waals surface area contributed by atoms with Gasteiger partial charge in [-0.15, -0.1) is 0 Å². The van der Waals surface area contributed by atoms with Gasteiger partial charge in [0, 0.05) is 26.2 Å². The summed E-state index contributed by atoms with van der Waals surface area (Å²) in [4.78, 5) is 12.9. The molecule has 2 N–H and O–H groups in total. The quantitative estimate of drug-likeness (QED) is 0.414. The molecule has 0 saturated carbocycles. The highest BCUT2D eigenvalue weighted by Gasteiger charge is 1.99. The number of hydroxylamine groups is 1. The minimum atomic E-state index is -0.286. The van der Waals surface area contributed by atoms with Crippen LogP contribution in [0, 0.1) is 0 Å². The SMILES string of the molecule is CN(C)c1ccc(CCCCCCCC(=O)NO)cc1. The van der Waals surface area contributed by atoms with Crippen molar-refractivity contribution in [3.05, 3.63) is 29.8 Å². The molecular weight excluding hydrogens is 252 g/mol. The van der Waals surface area contributed by atoms with Crippen LogP contribution in [-0.2, 0) is 11.2 Å². The summed E-state index contributed by atoms with van der Waals surface area (Å²) in [6.07, 6.45) is 6.96. The predicted octanol–water partition coefficient (Wildman–Crippen LogP) is 3.14. The fraction of sp³-hybridized carbons (Fsp3) is 0.562. The number of anilines is 1. The molecule has 4 heteroatoms. The second kappa shape index (κ2) is 9.37. The van der Waals surface area contributed by atoms with Gasteiger partial charge in [-0.1, -0.05) is 31.4 Å². The van der Waals surface area contributed by atoms with Gasteiger partial charge in [0.1, 0.15) is 0 Å². The first-order chi connectivity index (χ1) is 9.63. The lowest BCUT2D eigenvalue weighted by Gasteiger charge is -2.12. The van der Waals surface area contributed by atoms with E-state index in [1.165, 1.54) is 24.1 Å². The van der Waals surface area contributed by atoms with Crippen molar-refractivity contribution < 1.29 is 10.0 Å². The number of hydrogen-bond donors (Lipinski definition) is 2. The van der Waals surface area contributed by atoms with Gasteiger partial charge in [-0.25, -0.2) is 5.48 Å². The molecule has 1 amide bonds. The zero-order chi connectivity index (χ0) is 14.8. The van der Waals surface area contributed by atoms with Gasteiger partial charge in [0.15, 0.2) is 0 Å². The maximum absolute atomic E-state index is 10.8. The van der Waals surface area contributed by atoms with Gasteiger partial charge in [-0.05, 0) is 37.0 Å². The van der Waals surface area contributed by atoms with Crippen molar-refractivity contribution in [2.75, 3.05) is 19.0 Å². The highest BCUT2D eigenvalue weighted by atomic mass is 16.5. The van der Waals surface area contributed by atoms with Gasteiger partial charge in [0.05, 0.1) is 0 Å². The Hall–Kier alpha value is -1.55.